The summed E-state index contributed by atoms with van der Waals surface area (Å²) in [6.45, 7) is 15.1. The SMILES string of the molecule is CCOC(=O)C(C[C@H](O[Si](C)(C)C(C)(C)C)C1OCc2ccccc2CO1)C(=O)OCC. The van der Waals surface area contributed by atoms with Crippen molar-refractivity contribution in [2.75, 3.05) is 13.2 Å². The summed E-state index contributed by atoms with van der Waals surface area (Å²) >= 11 is 0. The average Bonchev–Trinajstić information content (AvgIpc) is 2.93. The first-order chi connectivity index (χ1) is 15.0. The molecule has 1 aliphatic rings. The van der Waals surface area contributed by atoms with E-state index in [0.29, 0.717) is 13.2 Å². The highest BCUT2D eigenvalue weighted by Crippen LogP contribution is 2.39. The van der Waals surface area contributed by atoms with E-state index in [0.717, 1.165) is 11.1 Å². The van der Waals surface area contributed by atoms with Crippen LogP contribution in [0.15, 0.2) is 24.3 Å². The Bertz CT molecular complexity index is 727. The van der Waals surface area contributed by atoms with Gasteiger partial charge in [0.05, 0.1) is 32.5 Å². The fourth-order valence-corrected chi connectivity index (χ4v) is 4.54. The van der Waals surface area contributed by atoms with Crippen molar-refractivity contribution in [2.24, 2.45) is 5.92 Å². The Morgan fingerprint density at radius 2 is 1.47 bits per heavy atom. The van der Waals surface area contributed by atoms with Crippen molar-refractivity contribution in [3.8, 4) is 0 Å². The predicted octanol–water partition coefficient (Wildman–Crippen LogP) is 4.58. The quantitative estimate of drug-likeness (QED) is 0.299. The second-order valence-corrected chi connectivity index (χ2v) is 14.2. The second kappa shape index (κ2) is 11.4. The summed E-state index contributed by atoms with van der Waals surface area (Å²) in [6, 6.07) is 7.93. The fourth-order valence-electron chi connectivity index (χ4n) is 3.22. The molecule has 0 fully saturated rings. The van der Waals surface area contributed by atoms with Crippen LogP contribution in [0, 0.1) is 5.92 Å². The molecule has 32 heavy (non-hydrogen) atoms. The molecule has 0 aliphatic carbocycles. The number of ether oxygens (including phenoxy) is 4. The van der Waals surface area contributed by atoms with Crippen LogP contribution in [0.4, 0.5) is 0 Å². The van der Waals surface area contributed by atoms with Gasteiger partial charge in [-0.1, -0.05) is 45.0 Å². The zero-order chi connectivity index (χ0) is 23.9. The molecule has 0 N–H and O–H groups in total. The first-order valence-electron chi connectivity index (χ1n) is 11.3. The first kappa shape index (κ1) is 26.5. The number of rotatable bonds is 9. The molecule has 1 aromatic carbocycles. The molecule has 7 nitrogen and oxygen atoms in total. The highest BCUT2D eigenvalue weighted by Gasteiger charge is 2.44. The van der Waals surface area contributed by atoms with E-state index in [2.05, 4.69) is 33.9 Å². The van der Waals surface area contributed by atoms with Crippen LogP contribution in [-0.4, -0.2) is 45.9 Å². The molecule has 0 bridgehead atoms. The molecule has 8 heteroatoms. The van der Waals surface area contributed by atoms with Gasteiger partial charge in [0.1, 0.15) is 0 Å². The Morgan fingerprint density at radius 3 is 1.88 bits per heavy atom. The largest absolute Gasteiger partial charge is 0.465 e. The van der Waals surface area contributed by atoms with E-state index in [-0.39, 0.29) is 24.7 Å². The third kappa shape index (κ3) is 6.88. The van der Waals surface area contributed by atoms with Crippen molar-refractivity contribution in [3.05, 3.63) is 35.4 Å². The molecule has 0 amide bonds. The Labute approximate surface area is 192 Å². The number of fused-ring (bicyclic) bond motifs is 1. The molecule has 2 rings (SSSR count). The molecule has 1 aliphatic heterocycles. The third-order valence-corrected chi connectivity index (χ3v) is 10.6. The topological polar surface area (TPSA) is 80.3 Å². The minimum atomic E-state index is -2.29. The smallest absolute Gasteiger partial charge is 0.320 e. The lowest BCUT2D eigenvalue weighted by molar-refractivity contribution is -0.202. The van der Waals surface area contributed by atoms with Crippen LogP contribution in [0.5, 0.6) is 0 Å². The molecule has 0 radical (unpaired) electrons. The van der Waals surface area contributed by atoms with Crippen LogP contribution in [0.2, 0.25) is 18.1 Å². The van der Waals surface area contributed by atoms with Gasteiger partial charge < -0.3 is 23.4 Å². The molecule has 1 aromatic rings. The van der Waals surface area contributed by atoms with Crippen molar-refractivity contribution >= 4 is 20.3 Å². The van der Waals surface area contributed by atoms with E-state index in [1.54, 1.807) is 13.8 Å². The molecule has 1 atom stereocenters. The Kier molecular flexibility index (Phi) is 9.45. The number of hydrogen-bond acceptors (Lipinski definition) is 7. The Morgan fingerprint density at radius 1 is 1.00 bits per heavy atom. The zero-order valence-electron chi connectivity index (χ0n) is 20.4. The lowest BCUT2D eigenvalue weighted by Crippen LogP contribution is -2.49. The minimum absolute atomic E-state index is 0.0607. The summed E-state index contributed by atoms with van der Waals surface area (Å²) in [7, 11) is -2.29. The molecular formula is C24H38O7Si. The standard InChI is InChI=1S/C24H38O7Si/c1-8-27-21(25)19(22(26)28-9-2)14-20(31-32(6,7)24(3,4)5)23-29-15-17-12-10-11-13-18(17)16-30-23/h10-13,19-20,23H,8-9,14-16H2,1-7H3/t20-/m0/s1. The molecule has 1 heterocycles. The summed E-state index contributed by atoms with van der Waals surface area (Å²) in [4.78, 5) is 25.3. The van der Waals surface area contributed by atoms with Gasteiger partial charge in [0.2, 0.25) is 0 Å². The highest BCUT2D eigenvalue weighted by atomic mass is 28.4. The summed E-state index contributed by atoms with van der Waals surface area (Å²) < 4.78 is 29.2. The summed E-state index contributed by atoms with van der Waals surface area (Å²) in [5.74, 6) is -2.35. The summed E-state index contributed by atoms with van der Waals surface area (Å²) in [5.41, 5.74) is 2.10. The number of hydrogen-bond donors (Lipinski definition) is 0. The van der Waals surface area contributed by atoms with Crippen molar-refractivity contribution < 1.29 is 33.0 Å². The number of esters is 2. The van der Waals surface area contributed by atoms with Crippen molar-refractivity contribution in [1.29, 1.82) is 0 Å². The van der Waals surface area contributed by atoms with Crippen LogP contribution < -0.4 is 0 Å². The van der Waals surface area contributed by atoms with Crippen molar-refractivity contribution in [2.45, 2.75) is 84.8 Å². The number of benzene rings is 1. The maximum Gasteiger partial charge on any atom is 0.320 e. The molecule has 0 spiro atoms. The molecule has 0 saturated heterocycles. The maximum atomic E-state index is 12.6. The predicted molar refractivity (Wildman–Crippen MR) is 123 cm³/mol. The maximum absolute atomic E-state index is 12.6. The third-order valence-electron chi connectivity index (χ3n) is 6.09. The minimum Gasteiger partial charge on any atom is -0.465 e. The lowest BCUT2D eigenvalue weighted by atomic mass is 10.0. The van der Waals surface area contributed by atoms with Gasteiger partial charge in [-0.05, 0) is 43.1 Å². The zero-order valence-corrected chi connectivity index (χ0v) is 21.4. The van der Waals surface area contributed by atoms with Gasteiger partial charge in [-0.3, -0.25) is 9.59 Å². The van der Waals surface area contributed by atoms with E-state index >= 15 is 0 Å². The van der Waals surface area contributed by atoms with Gasteiger partial charge in [-0.15, -0.1) is 0 Å². The van der Waals surface area contributed by atoms with E-state index in [1.165, 1.54) is 0 Å². The van der Waals surface area contributed by atoms with E-state index in [4.69, 9.17) is 23.4 Å². The monoisotopic (exact) mass is 466 g/mol. The summed E-state index contributed by atoms with van der Waals surface area (Å²) in [5, 5.41) is -0.0811. The van der Waals surface area contributed by atoms with Crippen molar-refractivity contribution in [1.82, 2.24) is 0 Å². The summed E-state index contributed by atoms with van der Waals surface area (Å²) in [6.07, 6.45) is -1.31. The lowest BCUT2D eigenvalue weighted by Gasteiger charge is -2.41. The van der Waals surface area contributed by atoms with Crippen LogP contribution in [0.25, 0.3) is 0 Å². The van der Waals surface area contributed by atoms with Gasteiger partial charge in [0, 0.05) is 6.42 Å². The molecule has 180 valence electrons. The fraction of sp³-hybridized carbons (Fsp3) is 0.667. The molecule has 0 saturated carbocycles. The van der Waals surface area contributed by atoms with Gasteiger partial charge >= 0.3 is 11.9 Å². The van der Waals surface area contributed by atoms with Crippen LogP contribution in [-0.2, 0) is 46.2 Å². The van der Waals surface area contributed by atoms with Crippen LogP contribution in [0.1, 0.15) is 52.2 Å². The van der Waals surface area contributed by atoms with Gasteiger partial charge in [0.15, 0.2) is 20.5 Å². The van der Waals surface area contributed by atoms with Crippen LogP contribution >= 0.6 is 0 Å². The second-order valence-electron chi connectivity index (χ2n) is 9.47. The van der Waals surface area contributed by atoms with Gasteiger partial charge in [0.25, 0.3) is 0 Å². The number of carbonyl (C=O) groups excluding carboxylic acids is 2. The van der Waals surface area contributed by atoms with E-state index in [9.17, 15) is 9.59 Å². The van der Waals surface area contributed by atoms with Gasteiger partial charge in [-0.2, -0.15) is 0 Å². The molecular weight excluding hydrogens is 428 g/mol. The van der Waals surface area contributed by atoms with E-state index < -0.39 is 38.6 Å². The Hall–Kier alpha value is -1.74. The molecule has 0 aromatic heterocycles. The van der Waals surface area contributed by atoms with E-state index in [1.807, 2.05) is 24.3 Å². The average molecular weight is 467 g/mol. The normalized spacial score (nSPS) is 16.2. The van der Waals surface area contributed by atoms with Gasteiger partial charge in [-0.25, -0.2) is 0 Å². The number of carbonyl (C=O) groups is 2. The first-order valence-corrected chi connectivity index (χ1v) is 14.2. The highest BCUT2D eigenvalue weighted by molar-refractivity contribution is 6.74. The van der Waals surface area contributed by atoms with Crippen molar-refractivity contribution in [3.63, 3.8) is 0 Å². The Balaban J connectivity index is 2.32. The molecule has 0 unspecified atom stereocenters. The van der Waals surface area contributed by atoms with Crippen LogP contribution in [0.3, 0.4) is 0 Å².